The summed E-state index contributed by atoms with van der Waals surface area (Å²) in [6, 6.07) is 12.8. The largest absolute Gasteiger partial charge is 0.346 e. The van der Waals surface area contributed by atoms with Gasteiger partial charge in [-0.2, -0.15) is 0 Å². The fourth-order valence-corrected chi connectivity index (χ4v) is 5.11. The van der Waals surface area contributed by atoms with Crippen LogP contribution in [0.4, 0.5) is 5.69 Å². The average molecular weight is 457 g/mol. The van der Waals surface area contributed by atoms with Crippen molar-refractivity contribution in [1.82, 2.24) is 5.32 Å². The molecule has 0 bridgehead atoms. The predicted octanol–water partition coefficient (Wildman–Crippen LogP) is 3.61. The van der Waals surface area contributed by atoms with Gasteiger partial charge in [-0.05, 0) is 67.7 Å². The molecule has 2 amide bonds. The highest BCUT2D eigenvalue weighted by molar-refractivity contribution is 8.04. The smallest absolute Gasteiger partial charge is 0.262 e. The van der Waals surface area contributed by atoms with E-state index in [4.69, 9.17) is 11.6 Å². The first-order valence-electron chi connectivity index (χ1n) is 10.8. The van der Waals surface area contributed by atoms with E-state index in [-0.39, 0.29) is 11.8 Å². The van der Waals surface area contributed by atoms with Crippen molar-refractivity contribution in [3.05, 3.63) is 63.5 Å². The molecule has 0 atom stereocenters. The van der Waals surface area contributed by atoms with Gasteiger partial charge in [-0.3, -0.25) is 9.59 Å². The molecular formula is C24H27ClN3O2S+. The van der Waals surface area contributed by atoms with Gasteiger partial charge in [0.2, 0.25) is 0 Å². The molecule has 0 unspecified atom stereocenters. The summed E-state index contributed by atoms with van der Waals surface area (Å²) in [6.07, 6.45) is 7.02. The summed E-state index contributed by atoms with van der Waals surface area (Å²) in [5.74, 6) is -0.281. The standard InChI is InChI=1S/C24H26ClN3O2S/c25-19-7-5-6-17(14-19)15-22-24(30)27-20-16-18(8-9-21(20)31-22)23(29)26-10-13-28-11-3-1-2-4-12-28/h5-9,14-16H,1-4,10-13H2,(H,26,29)(H,27,30)/p+1. The predicted molar refractivity (Wildman–Crippen MR) is 127 cm³/mol. The second-order valence-electron chi connectivity index (χ2n) is 8.00. The van der Waals surface area contributed by atoms with E-state index >= 15 is 0 Å². The van der Waals surface area contributed by atoms with E-state index in [1.165, 1.54) is 50.5 Å². The van der Waals surface area contributed by atoms with Crippen molar-refractivity contribution in [3.63, 3.8) is 0 Å². The number of thioether (sulfide) groups is 1. The van der Waals surface area contributed by atoms with Crippen LogP contribution in [0.2, 0.25) is 5.02 Å². The Balaban J connectivity index is 1.38. The summed E-state index contributed by atoms with van der Waals surface area (Å²) in [4.78, 5) is 28.2. The Bertz CT molecular complexity index is 1000. The van der Waals surface area contributed by atoms with Gasteiger partial charge in [0.05, 0.1) is 36.8 Å². The SMILES string of the molecule is O=C1Nc2cc(C(=O)NCC[NH+]3CCCCCC3)ccc2SC1=Cc1cccc(Cl)c1. The maximum absolute atomic E-state index is 12.6. The number of hydrogen-bond acceptors (Lipinski definition) is 3. The molecule has 2 aromatic rings. The summed E-state index contributed by atoms with van der Waals surface area (Å²) in [6.45, 7) is 4.02. The Kier molecular flexibility index (Phi) is 7.33. The van der Waals surface area contributed by atoms with Crippen LogP contribution in [0.1, 0.15) is 41.6 Å². The number of benzene rings is 2. The number of nitrogens with one attached hydrogen (secondary N) is 3. The zero-order valence-corrected chi connectivity index (χ0v) is 19.0. The second kappa shape index (κ2) is 10.4. The summed E-state index contributed by atoms with van der Waals surface area (Å²) in [5, 5.41) is 6.57. The first-order valence-corrected chi connectivity index (χ1v) is 12.0. The van der Waals surface area contributed by atoms with Gasteiger partial charge in [-0.25, -0.2) is 0 Å². The van der Waals surface area contributed by atoms with Crippen LogP contribution in [0.5, 0.6) is 0 Å². The van der Waals surface area contributed by atoms with Crippen LogP contribution in [0, 0.1) is 0 Å². The molecule has 0 aromatic heterocycles. The van der Waals surface area contributed by atoms with E-state index < -0.39 is 0 Å². The summed E-state index contributed by atoms with van der Waals surface area (Å²) >= 11 is 7.43. The van der Waals surface area contributed by atoms with Crippen LogP contribution in [-0.4, -0.2) is 38.0 Å². The van der Waals surface area contributed by atoms with Gasteiger partial charge in [-0.15, -0.1) is 0 Å². The van der Waals surface area contributed by atoms with Crippen molar-refractivity contribution in [3.8, 4) is 0 Å². The molecule has 0 aliphatic carbocycles. The number of amides is 2. The lowest BCUT2D eigenvalue weighted by atomic mass is 10.1. The fourth-order valence-electron chi connectivity index (χ4n) is 3.98. The van der Waals surface area contributed by atoms with Crippen molar-refractivity contribution in [1.29, 1.82) is 0 Å². The molecule has 0 saturated carbocycles. The number of fused-ring (bicyclic) bond motifs is 1. The molecule has 5 nitrogen and oxygen atoms in total. The van der Waals surface area contributed by atoms with Crippen molar-refractivity contribution < 1.29 is 14.5 Å². The van der Waals surface area contributed by atoms with Crippen molar-refractivity contribution in [2.45, 2.75) is 30.6 Å². The highest BCUT2D eigenvalue weighted by Crippen LogP contribution is 2.39. The van der Waals surface area contributed by atoms with E-state index in [0.29, 0.717) is 27.7 Å². The van der Waals surface area contributed by atoms with Crippen LogP contribution < -0.4 is 15.5 Å². The molecule has 4 rings (SSSR count). The van der Waals surface area contributed by atoms with E-state index in [1.807, 2.05) is 36.4 Å². The topological polar surface area (TPSA) is 62.6 Å². The van der Waals surface area contributed by atoms with Crippen molar-refractivity contribution in [2.24, 2.45) is 0 Å². The lowest BCUT2D eigenvalue weighted by Crippen LogP contribution is -3.12. The maximum atomic E-state index is 12.6. The van der Waals surface area contributed by atoms with Crippen molar-refractivity contribution >= 4 is 46.9 Å². The second-order valence-corrected chi connectivity index (χ2v) is 9.52. The third kappa shape index (κ3) is 5.91. The number of halogens is 1. The van der Waals surface area contributed by atoms with E-state index in [0.717, 1.165) is 17.0 Å². The number of carbonyl (C=O) groups is 2. The number of anilines is 1. The van der Waals surface area contributed by atoms with Crippen molar-refractivity contribution in [2.75, 3.05) is 31.5 Å². The molecule has 1 saturated heterocycles. The summed E-state index contributed by atoms with van der Waals surface area (Å²) in [5.41, 5.74) is 2.10. The Morgan fingerprint density at radius 1 is 1.13 bits per heavy atom. The highest BCUT2D eigenvalue weighted by Gasteiger charge is 2.22. The quantitative estimate of drug-likeness (QED) is 0.602. The zero-order chi connectivity index (χ0) is 21.6. The molecule has 162 valence electrons. The Hall–Kier alpha value is -2.28. The zero-order valence-electron chi connectivity index (χ0n) is 17.4. The minimum absolute atomic E-state index is 0.100. The van der Waals surface area contributed by atoms with Gasteiger partial charge in [0.1, 0.15) is 0 Å². The molecule has 2 aliphatic heterocycles. The van der Waals surface area contributed by atoms with E-state index in [2.05, 4.69) is 10.6 Å². The molecular weight excluding hydrogens is 430 g/mol. The number of carbonyl (C=O) groups excluding carboxylic acids is 2. The van der Waals surface area contributed by atoms with E-state index in [9.17, 15) is 9.59 Å². The number of hydrogen-bond donors (Lipinski definition) is 3. The fraction of sp³-hybridized carbons (Fsp3) is 0.333. The molecule has 0 spiro atoms. The lowest BCUT2D eigenvalue weighted by Gasteiger charge is -2.20. The van der Waals surface area contributed by atoms with Gasteiger partial charge in [0, 0.05) is 15.5 Å². The summed E-state index contributed by atoms with van der Waals surface area (Å²) in [7, 11) is 0. The van der Waals surface area contributed by atoms with Gasteiger partial charge >= 0.3 is 0 Å². The molecule has 1 fully saturated rings. The molecule has 2 aliphatic rings. The molecule has 7 heteroatoms. The molecule has 31 heavy (non-hydrogen) atoms. The highest BCUT2D eigenvalue weighted by atomic mass is 35.5. The van der Waals surface area contributed by atoms with Gasteiger partial charge in [0.15, 0.2) is 0 Å². The first-order chi connectivity index (χ1) is 15.1. The molecule has 2 heterocycles. The molecule has 3 N–H and O–H groups in total. The lowest BCUT2D eigenvalue weighted by molar-refractivity contribution is -0.898. The monoisotopic (exact) mass is 456 g/mol. The third-order valence-electron chi connectivity index (χ3n) is 5.65. The third-order valence-corrected chi connectivity index (χ3v) is 6.99. The first kappa shape index (κ1) is 21.9. The van der Waals surface area contributed by atoms with Crippen LogP contribution >= 0.6 is 23.4 Å². The van der Waals surface area contributed by atoms with Crippen LogP contribution in [0.15, 0.2) is 52.3 Å². The van der Waals surface area contributed by atoms with Crippen LogP contribution in [0.3, 0.4) is 0 Å². The Morgan fingerprint density at radius 2 is 1.94 bits per heavy atom. The Morgan fingerprint density at radius 3 is 2.71 bits per heavy atom. The number of rotatable bonds is 5. The van der Waals surface area contributed by atoms with Gasteiger partial charge in [-0.1, -0.05) is 35.5 Å². The van der Waals surface area contributed by atoms with Gasteiger partial charge in [0.25, 0.3) is 11.8 Å². The minimum Gasteiger partial charge on any atom is -0.346 e. The number of quaternary nitrogens is 1. The normalized spacial score (nSPS) is 18.2. The number of likely N-dealkylation sites (tertiary alicyclic amines) is 1. The minimum atomic E-state index is -0.181. The van der Waals surface area contributed by atoms with Gasteiger partial charge < -0.3 is 15.5 Å². The van der Waals surface area contributed by atoms with Crippen LogP contribution in [-0.2, 0) is 4.79 Å². The average Bonchev–Trinajstić information content (AvgIpc) is 3.03. The maximum Gasteiger partial charge on any atom is 0.262 e. The molecule has 0 radical (unpaired) electrons. The van der Waals surface area contributed by atoms with Crippen LogP contribution in [0.25, 0.3) is 6.08 Å². The molecule has 2 aromatic carbocycles. The van der Waals surface area contributed by atoms with E-state index in [1.54, 1.807) is 17.0 Å². The summed E-state index contributed by atoms with van der Waals surface area (Å²) < 4.78 is 0. The Labute approximate surface area is 192 Å².